The standard InChI is InChI=1S/C22H43N5O/c1-26(2)20-13-12-18(16-23-20)21-24-22(28-25-21)19-11-7-15-27(19)14-6-10-17-8-4-3-5-9-17/h17-25H,3-16H2,1-2H3. The normalized spacial score (nSPS) is 38.5. The van der Waals surface area contributed by atoms with E-state index in [1.54, 1.807) is 0 Å². The molecule has 0 amide bonds. The summed E-state index contributed by atoms with van der Waals surface area (Å²) in [6.07, 6.45) is 16.1. The average molecular weight is 394 g/mol. The van der Waals surface area contributed by atoms with E-state index in [0.29, 0.717) is 18.1 Å². The second-order valence-electron chi connectivity index (χ2n) is 9.92. The van der Waals surface area contributed by atoms with E-state index in [0.717, 1.165) is 12.5 Å². The van der Waals surface area contributed by atoms with Gasteiger partial charge in [-0.25, -0.2) is 0 Å². The number of hydrogen-bond acceptors (Lipinski definition) is 6. The van der Waals surface area contributed by atoms with Crippen molar-refractivity contribution in [2.75, 3.05) is 33.7 Å². The van der Waals surface area contributed by atoms with Gasteiger partial charge in [0.25, 0.3) is 0 Å². The predicted octanol–water partition coefficient (Wildman–Crippen LogP) is 2.48. The summed E-state index contributed by atoms with van der Waals surface area (Å²) in [5.41, 5.74) is 3.33. The molecule has 4 rings (SSSR count). The summed E-state index contributed by atoms with van der Waals surface area (Å²) in [5.74, 6) is 1.61. The van der Waals surface area contributed by atoms with Crippen molar-refractivity contribution < 1.29 is 4.84 Å². The molecule has 1 aliphatic carbocycles. The lowest BCUT2D eigenvalue weighted by atomic mass is 9.86. The van der Waals surface area contributed by atoms with Crippen molar-refractivity contribution in [1.82, 2.24) is 25.9 Å². The molecular formula is C22H43N5O. The number of nitrogens with one attached hydrogen (secondary N) is 3. The first kappa shape index (κ1) is 21.0. The second kappa shape index (κ2) is 10.2. The molecule has 4 aliphatic rings. The Morgan fingerprint density at radius 1 is 1.00 bits per heavy atom. The van der Waals surface area contributed by atoms with Crippen LogP contribution in [0.1, 0.15) is 70.6 Å². The monoisotopic (exact) mass is 393 g/mol. The fourth-order valence-corrected chi connectivity index (χ4v) is 5.93. The first-order valence-electron chi connectivity index (χ1n) is 12.0. The largest absolute Gasteiger partial charge is 0.301 e. The molecule has 162 valence electrons. The minimum atomic E-state index is 0.147. The molecule has 0 bridgehead atoms. The third kappa shape index (κ3) is 5.27. The van der Waals surface area contributed by atoms with Gasteiger partial charge < -0.3 is 5.32 Å². The highest BCUT2D eigenvalue weighted by atomic mass is 16.7. The third-order valence-electron chi connectivity index (χ3n) is 7.73. The third-order valence-corrected chi connectivity index (χ3v) is 7.73. The fourth-order valence-electron chi connectivity index (χ4n) is 5.93. The summed E-state index contributed by atoms with van der Waals surface area (Å²) < 4.78 is 0. The van der Waals surface area contributed by atoms with Crippen molar-refractivity contribution >= 4 is 0 Å². The van der Waals surface area contributed by atoms with Crippen molar-refractivity contribution in [1.29, 1.82) is 0 Å². The lowest BCUT2D eigenvalue weighted by molar-refractivity contribution is -0.0243. The molecule has 3 saturated heterocycles. The maximum Gasteiger partial charge on any atom is 0.146 e. The van der Waals surface area contributed by atoms with Crippen molar-refractivity contribution in [3.8, 4) is 0 Å². The predicted molar refractivity (Wildman–Crippen MR) is 114 cm³/mol. The van der Waals surface area contributed by atoms with Crippen LogP contribution < -0.4 is 16.1 Å². The number of rotatable bonds is 7. The van der Waals surface area contributed by atoms with Gasteiger partial charge in [0.2, 0.25) is 0 Å². The summed E-state index contributed by atoms with van der Waals surface area (Å²) in [6, 6.07) is 0.537. The molecule has 1 saturated carbocycles. The van der Waals surface area contributed by atoms with E-state index in [9.17, 15) is 0 Å². The number of hydrogen-bond donors (Lipinski definition) is 3. The van der Waals surface area contributed by atoms with Gasteiger partial charge in [-0.1, -0.05) is 32.1 Å². The van der Waals surface area contributed by atoms with Gasteiger partial charge in [0.05, 0.1) is 18.4 Å². The maximum absolute atomic E-state index is 6.06. The molecule has 0 spiro atoms. The van der Waals surface area contributed by atoms with Gasteiger partial charge in [0, 0.05) is 12.5 Å². The Kier molecular flexibility index (Phi) is 7.64. The Morgan fingerprint density at radius 3 is 2.61 bits per heavy atom. The van der Waals surface area contributed by atoms with Gasteiger partial charge in [0.1, 0.15) is 6.23 Å². The number of nitrogens with zero attached hydrogens (tertiary/aromatic N) is 2. The molecule has 4 fully saturated rings. The van der Waals surface area contributed by atoms with Gasteiger partial charge in [0.15, 0.2) is 0 Å². The highest BCUT2D eigenvalue weighted by Crippen LogP contribution is 2.29. The molecule has 6 nitrogen and oxygen atoms in total. The Balaban J connectivity index is 1.19. The van der Waals surface area contributed by atoms with Crippen LogP contribution in [0.3, 0.4) is 0 Å². The van der Waals surface area contributed by atoms with Crippen molar-refractivity contribution in [3.63, 3.8) is 0 Å². The lowest BCUT2D eigenvalue weighted by Crippen LogP contribution is -2.54. The van der Waals surface area contributed by atoms with Crippen LogP contribution in [0.25, 0.3) is 0 Å². The van der Waals surface area contributed by atoms with Crippen LogP contribution in [-0.2, 0) is 4.84 Å². The van der Waals surface area contributed by atoms with Gasteiger partial charge in [-0.2, -0.15) is 5.48 Å². The summed E-state index contributed by atoms with van der Waals surface area (Å²) in [7, 11) is 4.32. The zero-order valence-electron chi connectivity index (χ0n) is 18.2. The molecule has 6 heteroatoms. The molecule has 3 heterocycles. The van der Waals surface area contributed by atoms with Crippen molar-refractivity contribution in [2.24, 2.45) is 11.8 Å². The summed E-state index contributed by atoms with van der Waals surface area (Å²) in [4.78, 5) is 11.0. The molecule has 28 heavy (non-hydrogen) atoms. The summed E-state index contributed by atoms with van der Waals surface area (Å²) in [6.45, 7) is 3.55. The van der Waals surface area contributed by atoms with Crippen molar-refractivity contribution in [2.45, 2.75) is 95.2 Å². The molecule has 0 aromatic carbocycles. The average Bonchev–Trinajstić information content (AvgIpc) is 3.38. The number of piperidine rings is 1. The van der Waals surface area contributed by atoms with Crippen LogP contribution in [0.2, 0.25) is 0 Å². The first-order valence-corrected chi connectivity index (χ1v) is 12.0. The van der Waals surface area contributed by atoms with Gasteiger partial charge in [-0.05, 0) is 71.6 Å². The highest BCUT2D eigenvalue weighted by molar-refractivity contribution is 4.91. The Morgan fingerprint density at radius 2 is 1.86 bits per heavy atom. The molecule has 0 radical (unpaired) electrons. The van der Waals surface area contributed by atoms with Crippen LogP contribution in [0.5, 0.6) is 0 Å². The van der Waals surface area contributed by atoms with Crippen LogP contribution in [-0.4, -0.2) is 68.1 Å². The molecule has 5 atom stereocenters. The van der Waals surface area contributed by atoms with Gasteiger partial charge >= 0.3 is 0 Å². The molecule has 3 N–H and O–H groups in total. The van der Waals surface area contributed by atoms with E-state index in [4.69, 9.17) is 4.84 Å². The Labute approximate surface area is 172 Å². The quantitative estimate of drug-likeness (QED) is 0.618. The van der Waals surface area contributed by atoms with Crippen LogP contribution in [0.4, 0.5) is 0 Å². The molecule has 0 aromatic rings. The zero-order valence-corrected chi connectivity index (χ0v) is 18.2. The maximum atomic E-state index is 6.06. The molecule has 0 aromatic heterocycles. The smallest absolute Gasteiger partial charge is 0.146 e. The molecule has 5 unspecified atom stereocenters. The Bertz CT molecular complexity index is 462. The topological polar surface area (TPSA) is 51.8 Å². The van der Waals surface area contributed by atoms with Crippen LogP contribution in [0.15, 0.2) is 0 Å². The summed E-state index contributed by atoms with van der Waals surface area (Å²) in [5, 5.41) is 7.47. The SMILES string of the molecule is CN(C)C1CCC(C2NOC(C3CCCN3CCCC3CCCCC3)N2)CN1. The minimum Gasteiger partial charge on any atom is -0.301 e. The van der Waals surface area contributed by atoms with Gasteiger partial charge in [-0.3, -0.25) is 20.0 Å². The highest BCUT2D eigenvalue weighted by Gasteiger charge is 2.40. The number of hydroxylamine groups is 1. The Hall–Kier alpha value is -0.240. The van der Waals surface area contributed by atoms with Crippen LogP contribution >= 0.6 is 0 Å². The van der Waals surface area contributed by atoms with E-state index in [1.807, 2.05) is 0 Å². The van der Waals surface area contributed by atoms with E-state index in [2.05, 4.69) is 40.0 Å². The van der Waals surface area contributed by atoms with E-state index < -0.39 is 0 Å². The summed E-state index contributed by atoms with van der Waals surface area (Å²) >= 11 is 0. The van der Waals surface area contributed by atoms with Crippen molar-refractivity contribution in [3.05, 3.63) is 0 Å². The molecular weight excluding hydrogens is 350 g/mol. The second-order valence-corrected chi connectivity index (χ2v) is 9.92. The van der Waals surface area contributed by atoms with Gasteiger partial charge in [-0.15, -0.1) is 0 Å². The van der Waals surface area contributed by atoms with E-state index in [1.165, 1.54) is 83.7 Å². The minimum absolute atomic E-state index is 0.147. The van der Waals surface area contributed by atoms with E-state index >= 15 is 0 Å². The molecule has 3 aliphatic heterocycles. The van der Waals surface area contributed by atoms with E-state index in [-0.39, 0.29) is 12.4 Å². The van der Waals surface area contributed by atoms with Crippen LogP contribution in [0, 0.1) is 11.8 Å². The first-order chi connectivity index (χ1) is 13.7. The fraction of sp³-hybridized carbons (Fsp3) is 1.00. The number of likely N-dealkylation sites (tertiary alicyclic amines) is 1. The lowest BCUT2D eigenvalue weighted by Gasteiger charge is -2.36. The zero-order chi connectivity index (χ0) is 19.3.